The lowest BCUT2D eigenvalue weighted by molar-refractivity contribution is 0.931. The summed E-state index contributed by atoms with van der Waals surface area (Å²) >= 11 is -0.471. The molecule has 0 rings (SSSR count). The average molecular weight is 141 g/mol. The summed E-state index contributed by atoms with van der Waals surface area (Å²) in [5, 5.41) is 1.22. The molecule has 0 saturated carbocycles. The summed E-state index contributed by atoms with van der Waals surface area (Å²) in [6.07, 6.45) is 0. The van der Waals surface area contributed by atoms with Crippen LogP contribution in [0.15, 0.2) is 0 Å². The molecule has 0 aromatic rings. The van der Waals surface area contributed by atoms with E-state index in [0.29, 0.717) is 0 Å². The van der Waals surface area contributed by atoms with Crippen molar-refractivity contribution in [1.29, 1.82) is 0 Å². The maximum Gasteiger partial charge on any atom is 0.267 e. The molecule has 0 fully saturated rings. The smallest absolute Gasteiger partial charge is 0.0936 e. The first-order chi connectivity index (χ1) is 4.09. The summed E-state index contributed by atoms with van der Waals surface area (Å²) in [7, 11) is 0. The largest absolute Gasteiger partial charge is 0.267 e. The Balaban J connectivity index is 3.68. The third kappa shape index (κ3) is 3.28. The molecule has 0 bridgehead atoms. The minimum atomic E-state index is -0.471. The fraction of sp³-hybridized carbons (Fsp3) is 0.875. The van der Waals surface area contributed by atoms with Crippen LogP contribution in [0.1, 0.15) is 27.7 Å². The maximum absolute atomic E-state index is 3.99. The van der Waals surface area contributed by atoms with Crippen LogP contribution in [-0.2, 0) is 0 Å². The highest BCUT2D eigenvalue weighted by Gasteiger charge is 2.21. The van der Waals surface area contributed by atoms with Crippen LogP contribution in [0.3, 0.4) is 0 Å². The molecule has 0 N–H and O–H groups in total. The molecular formula is C8H18Al. The molecular weight excluding hydrogens is 123 g/mol. The first kappa shape index (κ1) is 9.53. The lowest BCUT2D eigenvalue weighted by atomic mass is 10.5. The molecule has 0 aliphatic carbocycles. The second-order valence-corrected chi connectivity index (χ2v) is 8.01. The van der Waals surface area contributed by atoms with Crippen LogP contribution in [0.25, 0.3) is 0 Å². The van der Waals surface area contributed by atoms with E-state index in [1.54, 1.807) is 0 Å². The SMILES string of the molecule is [CH2][CH2][Al]([CH](C)C)[CH](C)C. The molecule has 1 radical (unpaired) electrons. The highest BCUT2D eigenvalue weighted by atomic mass is 27.2. The highest BCUT2D eigenvalue weighted by molar-refractivity contribution is 6.61. The minimum absolute atomic E-state index is 0.471. The van der Waals surface area contributed by atoms with Gasteiger partial charge in [-0.2, -0.15) is 0 Å². The van der Waals surface area contributed by atoms with Gasteiger partial charge in [-0.1, -0.05) is 49.5 Å². The maximum atomic E-state index is 3.99. The van der Waals surface area contributed by atoms with Gasteiger partial charge in [-0.3, -0.25) is 0 Å². The van der Waals surface area contributed by atoms with Gasteiger partial charge in [0.05, 0.1) is 0 Å². The average Bonchev–Trinajstić information content (AvgIpc) is 1.64. The predicted molar refractivity (Wildman–Crippen MR) is 46.1 cm³/mol. The van der Waals surface area contributed by atoms with E-state index in [1.807, 2.05) is 0 Å². The normalized spacial score (nSPS) is 11.0. The standard InChI is InChI=1S/2C3H7.C2H4.Al/c2*1-3-2;1-2;/h2*3H,1-2H3;1-2H2;. The highest BCUT2D eigenvalue weighted by Crippen LogP contribution is 2.22. The van der Waals surface area contributed by atoms with Crippen LogP contribution in [0.4, 0.5) is 0 Å². The Labute approximate surface area is 64.0 Å². The Morgan fingerprint density at radius 2 is 1.44 bits per heavy atom. The van der Waals surface area contributed by atoms with Crippen molar-refractivity contribution in [3.05, 3.63) is 6.92 Å². The first-order valence-electron chi connectivity index (χ1n) is 3.88. The van der Waals surface area contributed by atoms with Gasteiger partial charge in [-0.25, -0.2) is 0 Å². The van der Waals surface area contributed by atoms with Gasteiger partial charge in [-0.15, -0.1) is 0 Å². The molecule has 0 unspecified atom stereocenters. The van der Waals surface area contributed by atoms with E-state index >= 15 is 0 Å². The summed E-state index contributed by atoms with van der Waals surface area (Å²) in [5.41, 5.74) is 0. The van der Waals surface area contributed by atoms with Gasteiger partial charge in [0.15, 0.2) is 0 Å². The van der Waals surface area contributed by atoms with Crippen LogP contribution >= 0.6 is 0 Å². The van der Waals surface area contributed by atoms with Gasteiger partial charge in [0.25, 0.3) is 14.1 Å². The molecule has 53 valence electrons. The van der Waals surface area contributed by atoms with Gasteiger partial charge in [0.2, 0.25) is 0 Å². The third-order valence-electron chi connectivity index (χ3n) is 2.05. The molecule has 0 saturated heterocycles. The van der Waals surface area contributed by atoms with E-state index < -0.39 is 14.1 Å². The zero-order valence-electron chi connectivity index (χ0n) is 7.15. The lowest BCUT2D eigenvalue weighted by Crippen LogP contribution is -2.19. The summed E-state index contributed by atoms with van der Waals surface area (Å²) in [6, 6.07) is 0. The van der Waals surface area contributed by atoms with Gasteiger partial charge in [0, 0.05) is 0 Å². The van der Waals surface area contributed by atoms with Crippen LogP contribution in [0.2, 0.25) is 14.8 Å². The van der Waals surface area contributed by atoms with Gasteiger partial charge in [-0.05, 0) is 0 Å². The van der Waals surface area contributed by atoms with Crippen molar-refractivity contribution in [3.63, 3.8) is 0 Å². The molecule has 0 nitrogen and oxygen atoms in total. The Morgan fingerprint density at radius 1 is 1.11 bits per heavy atom. The second-order valence-electron chi connectivity index (χ2n) is 3.44. The van der Waals surface area contributed by atoms with Gasteiger partial charge >= 0.3 is 0 Å². The number of rotatable bonds is 3. The molecule has 0 aromatic carbocycles. The monoisotopic (exact) mass is 141 g/mol. The summed E-state index contributed by atoms with van der Waals surface area (Å²) < 4.78 is 1.87. The molecule has 0 aliphatic rings. The minimum Gasteiger partial charge on any atom is -0.0936 e. The van der Waals surface area contributed by atoms with Gasteiger partial charge < -0.3 is 0 Å². The summed E-state index contributed by atoms with van der Waals surface area (Å²) in [4.78, 5) is 0. The van der Waals surface area contributed by atoms with Crippen molar-refractivity contribution < 1.29 is 0 Å². The predicted octanol–water partition coefficient (Wildman–Crippen LogP) is 3.14. The van der Waals surface area contributed by atoms with E-state index in [9.17, 15) is 0 Å². The van der Waals surface area contributed by atoms with Crippen LogP contribution < -0.4 is 0 Å². The van der Waals surface area contributed by atoms with Crippen molar-refractivity contribution in [2.45, 2.75) is 42.5 Å². The third-order valence-corrected chi connectivity index (χ3v) is 6.14. The molecule has 1 heteroatoms. The zero-order chi connectivity index (χ0) is 7.44. The van der Waals surface area contributed by atoms with Gasteiger partial charge in [0.1, 0.15) is 0 Å². The van der Waals surface area contributed by atoms with E-state index in [0.717, 1.165) is 9.56 Å². The zero-order valence-corrected chi connectivity index (χ0v) is 8.30. The van der Waals surface area contributed by atoms with Crippen LogP contribution in [-0.4, -0.2) is 14.1 Å². The summed E-state index contributed by atoms with van der Waals surface area (Å²) in [5.74, 6) is 0. The first-order valence-corrected chi connectivity index (χ1v) is 6.03. The van der Waals surface area contributed by atoms with Crippen LogP contribution in [0, 0.1) is 6.92 Å². The Bertz CT molecular complexity index is 59.0. The fourth-order valence-corrected chi connectivity index (χ4v) is 4.31. The number of hydrogen-bond donors (Lipinski definition) is 0. The molecule has 0 atom stereocenters. The quantitative estimate of drug-likeness (QED) is 0.530. The van der Waals surface area contributed by atoms with Crippen molar-refractivity contribution in [2.24, 2.45) is 0 Å². The fourth-order valence-electron chi connectivity index (χ4n) is 1.44. The summed E-state index contributed by atoms with van der Waals surface area (Å²) in [6.45, 7) is 13.3. The Morgan fingerprint density at radius 3 is 1.44 bits per heavy atom. The molecule has 0 aromatic heterocycles. The van der Waals surface area contributed by atoms with Crippen molar-refractivity contribution in [1.82, 2.24) is 0 Å². The molecule has 0 spiro atoms. The van der Waals surface area contributed by atoms with E-state index in [-0.39, 0.29) is 0 Å². The van der Waals surface area contributed by atoms with E-state index in [2.05, 4.69) is 34.6 Å². The second kappa shape index (κ2) is 4.36. The lowest BCUT2D eigenvalue weighted by Gasteiger charge is -2.16. The topological polar surface area (TPSA) is 0 Å². The van der Waals surface area contributed by atoms with Crippen molar-refractivity contribution in [3.8, 4) is 0 Å². The molecule has 9 heavy (non-hydrogen) atoms. The van der Waals surface area contributed by atoms with E-state index in [4.69, 9.17) is 0 Å². The van der Waals surface area contributed by atoms with Crippen molar-refractivity contribution in [2.75, 3.05) is 0 Å². The molecule has 0 aliphatic heterocycles. The van der Waals surface area contributed by atoms with E-state index in [1.165, 1.54) is 5.28 Å². The van der Waals surface area contributed by atoms with Crippen LogP contribution in [0.5, 0.6) is 0 Å². The molecule has 0 heterocycles. The Hall–Kier alpha value is 0.532. The van der Waals surface area contributed by atoms with Crippen molar-refractivity contribution >= 4 is 14.1 Å². The number of hydrogen-bond acceptors (Lipinski definition) is 0. The Kier molecular flexibility index (Phi) is 4.62. The molecule has 0 amide bonds.